The molecule has 2 aliphatic heterocycles. The summed E-state index contributed by atoms with van der Waals surface area (Å²) < 4.78 is 27.1. The summed E-state index contributed by atoms with van der Waals surface area (Å²) in [5.41, 5.74) is 0.951. The second kappa shape index (κ2) is 10.6. The Morgan fingerprint density at radius 2 is 1.71 bits per heavy atom. The van der Waals surface area contributed by atoms with Gasteiger partial charge in [-0.1, -0.05) is 32.4 Å². The van der Waals surface area contributed by atoms with Gasteiger partial charge in [-0.05, 0) is 49.8 Å². The number of benzene rings is 1. The Hall–Kier alpha value is -1.93. The van der Waals surface area contributed by atoms with Gasteiger partial charge in [0.15, 0.2) is 0 Å². The minimum atomic E-state index is -3.43. The molecule has 0 aliphatic carbocycles. The molecule has 0 saturated carbocycles. The molecule has 1 unspecified atom stereocenters. The number of rotatable bonds is 7. The first-order valence-electron chi connectivity index (χ1n) is 11.4. The van der Waals surface area contributed by atoms with E-state index in [2.05, 4.69) is 5.32 Å². The van der Waals surface area contributed by atoms with Gasteiger partial charge in [0.1, 0.15) is 0 Å². The van der Waals surface area contributed by atoms with Gasteiger partial charge in [0.25, 0.3) is 0 Å². The highest BCUT2D eigenvalue weighted by Gasteiger charge is 2.27. The van der Waals surface area contributed by atoms with E-state index in [1.165, 1.54) is 0 Å². The normalized spacial score (nSPS) is 20.6. The molecule has 2 saturated heterocycles. The summed E-state index contributed by atoms with van der Waals surface area (Å²) >= 11 is 0. The smallest absolute Gasteiger partial charge is 0.243 e. The van der Waals surface area contributed by atoms with E-state index < -0.39 is 10.0 Å². The summed E-state index contributed by atoms with van der Waals surface area (Å²) in [5.74, 6) is 0.0418. The summed E-state index contributed by atoms with van der Waals surface area (Å²) in [7, 11) is -3.43. The second-order valence-electron chi connectivity index (χ2n) is 8.95. The Morgan fingerprint density at radius 3 is 2.35 bits per heavy atom. The minimum absolute atomic E-state index is 0.0203. The maximum Gasteiger partial charge on any atom is 0.243 e. The van der Waals surface area contributed by atoms with Gasteiger partial charge in [-0.15, -0.1) is 0 Å². The van der Waals surface area contributed by atoms with Gasteiger partial charge in [0, 0.05) is 44.6 Å². The lowest BCUT2D eigenvalue weighted by atomic mass is 10.0. The number of hydrogen-bond donors (Lipinski definition) is 1. The third kappa shape index (κ3) is 6.29. The third-order valence-electron chi connectivity index (χ3n) is 6.15. The molecule has 2 heterocycles. The van der Waals surface area contributed by atoms with E-state index in [0.717, 1.165) is 44.2 Å². The van der Waals surface area contributed by atoms with Crippen molar-refractivity contribution in [2.45, 2.75) is 69.7 Å². The van der Waals surface area contributed by atoms with Gasteiger partial charge in [-0.3, -0.25) is 9.59 Å². The summed E-state index contributed by atoms with van der Waals surface area (Å²) in [5, 5.41) is 3.03. The highest BCUT2D eigenvalue weighted by Crippen LogP contribution is 2.21. The number of likely N-dealkylation sites (tertiary alicyclic amines) is 1. The largest absolute Gasteiger partial charge is 0.351 e. The SMILES string of the molecule is CC(C)C(=O)NC1CCCN(C(=O)CCc2ccc(S(=O)(=O)N3CCCCC3)cc2)C1. The molecule has 2 aliphatic rings. The Morgan fingerprint density at radius 1 is 1.03 bits per heavy atom. The van der Waals surface area contributed by atoms with Gasteiger partial charge < -0.3 is 10.2 Å². The lowest BCUT2D eigenvalue weighted by Gasteiger charge is -2.33. The number of carbonyl (C=O) groups is 2. The zero-order valence-electron chi connectivity index (χ0n) is 18.7. The average Bonchev–Trinajstić information content (AvgIpc) is 2.78. The van der Waals surface area contributed by atoms with Crippen LogP contribution in [-0.2, 0) is 26.0 Å². The zero-order valence-corrected chi connectivity index (χ0v) is 19.5. The van der Waals surface area contributed by atoms with Crippen molar-refractivity contribution in [2.24, 2.45) is 5.92 Å². The van der Waals surface area contributed by atoms with E-state index >= 15 is 0 Å². The summed E-state index contributed by atoms with van der Waals surface area (Å²) in [6.07, 6.45) is 5.65. The van der Waals surface area contributed by atoms with Crippen LogP contribution in [0.3, 0.4) is 0 Å². The molecule has 0 radical (unpaired) electrons. The molecule has 1 aromatic carbocycles. The van der Waals surface area contributed by atoms with Crippen molar-refractivity contribution in [3.63, 3.8) is 0 Å². The number of carbonyl (C=O) groups excluding carboxylic acids is 2. The van der Waals surface area contributed by atoms with Crippen molar-refractivity contribution < 1.29 is 18.0 Å². The molecular weight excluding hydrogens is 414 g/mol. The van der Waals surface area contributed by atoms with Crippen LogP contribution in [0.25, 0.3) is 0 Å². The summed E-state index contributed by atoms with van der Waals surface area (Å²) in [6, 6.07) is 6.95. The lowest BCUT2D eigenvalue weighted by molar-refractivity contribution is -0.134. The molecule has 0 bridgehead atoms. The highest BCUT2D eigenvalue weighted by atomic mass is 32.2. The molecule has 0 aromatic heterocycles. The molecule has 7 nitrogen and oxygen atoms in total. The molecule has 1 N–H and O–H groups in total. The summed E-state index contributed by atoms with van der Waals surface area (Å²) in [4.78, 5) is 26.8. The molecule has 8 heteroatoms. The van der Waals surface area contributed by atoms with Crippen LogP contribution in [0.5, 0.6) is 0 Å². The number of piperidine rings is 2. The minimum Gasteiger partial charge on any atom is -0.351 e. The topological polar surface area (TPSA) is 86.8 Å². The number of amides is 2. The van der Waals surface area contributed by atoms with E-state index in [4.69, 9.17) is 0 Å². The Kier molecular flexibility index (Phi) is 8.11. The average molecular weight is 450 g/mol. The fourth-order valence-electron chi connectivity index (χ4n) is 4.18. The predicted octanol–water partition coefficient (Wildman–Crippen LogP) is 2.56. The van der Waals surface area contributed by atoms with Gasteiger partial charge >= 0.3 is 0 Å². The van der Waals surface area contributed by atoms with Gasteiger partial charge in [-0.2, -0.15) is 4.31 Å². The first kappa shape index (κ1) is 23.7. The van der Waals surface area contributed by atoms with Crippen LogP contribution in [0.15, 0.2) is 29.2 Å². The highest BCUT2D eigenvalue weighted by molar-refractivity contribution is 7.89. The molecule has 2 amide bonds. The number of nitrogens with zero attached hydrogens (tertiary/aromatic N) is 2. The van der Waals surface area contributed by atoms with E-state index in [-0.39, 0.29) is 23.8 Å². The van der Waals surface area contributed by atoms with Crippen molar-refractivity contribution in [1.82, 2.24) is 14.5 Å². The van der Waals surface area contributed by atoms with Crippen LogP contribution in [0.1, 0.15) is 57.9 Å². The van der Waals surface area contributed by atoms with Crippen LogP contribution in [0, 0.1) is 5.92 Å². The Labute approximate surface area is 186 Å². The number of hydrogen-bond acceptors (Lipinski definition) is 4. The zero-order chi connectivity index (χ0) is 22.4. The molecule has 2 fully saturated rings. The van der Waals surface area contributed by atoms with Crippen LogP contribution >= 0.6 is 0 Å². The predicted molar refractivity (Wildman–Crippen MR) is 120 cm³/mol. The first-order valence-corrected chi connectivity index (χ1v) is 12.9. The fourth-order valence-corrected chi connectivity index (χ4v) is 5.70. The molecule has 172 valence electrons. The molecule has 31 heavy (non-hydrogen) atoms. The Balaban J connectivity index is 1.51. The fraction of sp³-hybridized carbons (Fsp3) is 0.652. The second-order valence-corrected chi connectivity index (χ2v) is 10.9. The van der Waals surface area contributed by atoms with Crippen LogP contribution in [0.4, 0.5) is 0 Å². The molecule has 0 spiro atoms. The van der Waals surface area contributed by atoms with Gasteiger partial charge in [0.2, 0.25) is 21.8 Å². The van der Waals surface area contributed by atoms with Crippen LogP contribution in [-0.4, -0.2) is 61.7 Å². The van der Waals surface area contributed by atoms with Crippen molar-refractivity contribution in [2.75, 3.05) is 26.2 Å². The standard InChI is InChI=1S/C23H35N3O4S/c1-18(2)23(28)24-20-7-6-14-25(17-20)22(27)13-10-19-8-11-21(12-9-19)31(29,30)26-15-4-3-5-16-26/h8-9,11-12,18,20H,3-7,10,13-17H2,1-2H3,(H,24,28). The Bertz CT molecular complexity index is 861. The van der Waals surface area contributed by atoms with Crippen molar-refractivity contribution in [3.05, 3.63) is 29.8 Å². The molecular formula is C23H35N3O4S. The third-order valence-corrected chi connectivity index (χ3v) is 8.06. The maximum atomic E-state index is 12.8. The van der Waals surface area contributed by atoms with E-state index in [0.29, 0.717) is 37.4 Å². The molecule has 3 rings (SSSR count). The van der Waals surface area contributed by atoms with Gasteiger partial charge in [-0.25, -0.2) is 8.42 Å². The number of nitrogens with one attached hydrogen (secondary N) is 1. The monoisotopic (exact) mass is 449 g/mol. The summed E-state index contributed by atoms with van der Waals surface area (Å²) in [6.45, 7) is 6.19. The van der Waals surface area contributed by atoms with Crippen molar-refractivity contribution in [3.8, 4) is 0 Å². The van der Waals surface area contributed by atoms with Gasteiger partial charge in [0.05, 0.1) is 4.90 Å². The van der Waals surface area contributed by atoms with Crippen molar-refractivity contribution in [1.29, 1.82) is 0 Å². The van der Waals surface area contributed by atoms with Crippen LogP contribution < -0.4 is 5.32 Å². The quantitative estimate of drug-likeness (QED) is 0.693. The molecule has 1 aromatic rings. The van der Waals surface area contributed by atoms with E-state index in [1.807, 2.05) is 30.9 Å². The number of aryl methyl sites for hydroxylation is 1. The van der Waals surface area contributed by atoms with Crippen LogP contribution in [0.2, 0.25) is 0 Å². The number of sulfonamides is 1. The van der Waals surface area contributed by atoms with E-state index in [1.54, 1.807) is 16.4 Å². The molecule has 1 atom stereocenters. The maximum absolute atomic E-state index is 12.8. The first-order chi connectivity index (χ1) is 14.8. The van der Waals surface area contributed by atoms with Crippen molar-refractivity contribution >= 4 is 21.8 Å². The lowest BCUT2D eigenvalue weighted by Crippen LogP contribution is -2.50. The van der Waals surface area contributed by atoms with E-state index in [9.17, 15) is 18.0 Å².